The molecule has 0 fully saturated rings. The molecule has 23 heavy (non-hydrogen) atoms. The third-order valence-electron chi connectivity index (χ3n) is 3.04. The second kappa shape index (κ2) is 9.46. The van der Waals surface area contributed by atoms with Crippen LogP contribution in [0.4, 0.5) is 0 Å². The Labute approximate surface area is 141 Å². The fourth-order valence-corrected chi connectivity index (χ4v) is 4.48. The molecule has 0 saturated heterocycles. The Morgan fingerprint density at radius 2 is 0.783 bits per heavy atom. The van der Waals surface area contributed by atoms with Gasteiger partial charge in [0, 0.05) is 0 Å². The topological polar surface area (TPSA) is 57.5 Å². The molecule has 0 aliphatic rings. The Balaban J connectivity index is 0.000000433. The van der Waals surface area contributed by atoms with Gasteiger partial charge in [-0.1, -0.05) is 91.0 Å². The van der Waals surface area contributed by atoms with Gasteiger partial charge >= 0.3 is 26.7 Å². The van der Waals surface area contributed by atoms with E-state index in [-0.39, 0.29) is 0 Å². The first-order chi connectivity index (χ1) is 11.2. The van der Waals surface area contributed by atoms with Gasteiger partial charge in [0.25, 0.3) is 0 Å². The summed E-state index contributed by atoms with van der Waals surface area (Å²) >= 11 is -3.29. The van der Waals surface area contributed by atoms with Crippen molar-refractivity contribution in [1.29, 1.82) is 0 Å². The summed E-state index contributed by atoms with van der Waals surface area (Å²) in [6.07, 6.45) is 0. The SMILES string of the molecule is O=[Se](O)O.c1ccc(P(c2ccccc2)c2ccccc2)cc1. The largest absolute Gasteiger partial charge is 0.0622 e. The van der Waals surface area contributed by atoms with Gasteiger partial charge in [0.15, 0.2) is 0 Å². The number of rotatable bonds is 3. The molecular weight excluding hydrogens is 374 g/mol. The van der Waals surface area contributed by atoms with Crippen LogP contribution in [0.1, 0.15) is 0 Å². The van der Waals surface area contributed by atoms with Crippen LogP contribution in [0.25, 0.3) is 0 Å². The van der Waals surface area contributed by atoms with E-state index in [0.717, 1.165) is 0 Å². The van der Waals surface area contributed by atoms with Gasteiger partial charge in [0.1, 0.15) is 0 Å². The Morgan fingerprint density at radius 3 is 1.00 bits per heavy atom. The molecule has 0 atom stereocenters. The van der Waals surface area contributed by atoms with Crippen molar-refractivity contribution in [1.82, 2.24) is 0 Å². The normalized spacial score (nSPS) is 10.3. The standard InChI is InChI=1S/C18H15P.H2O3Se/c1-4-10-16(11-5-1)19(17-12-6-2-7-13-17)18-14-8-3-9-15-18;1-4(2)3/h1-15H;(H2,1,2,3). The molecule has 3 aromatic carbocycles. The molecule has 0 spiro atoms. The summed E-state index contributed by atoms with van der Waals surface area (Å²) in [5.41, 5.74) is 0. The summed E-state index contributed by atoms with van der Waals surface area (Å²) in [6.45, 7) is 0. The predicted octanol–water partition coefficient (Wildman–Crippen LogP) is 1.83. The second-order valence-electron chi connectivity index (χ2n) is 4.57. The monoisotopic (exact) mass is 392 g/mol. The molecule has 0 aliphatic carbocycles. The van der Waals surface area contributed by atoms with Crippen molar-refractivity contribution >= 4 is 38.3 Å². The molecule has 0 radical (unpaired) electrons. The molecule has 0 aromatic heterocycles. The Kier molecular flexibility index (Phi) is 7.28. The van der Waals surface area contributed by atoms with Gasteiger partial charge in [0.05, 0.1) is 0 Å². The van der Waals surface area contributed by atoms with Gasteiger partial charge in [-0.25, -0.2) is 0 Å². The minimum Gasteiger partial charge on any atom is -0.0622 e. The van der Waals surface area contributed by atoms with Crippen LogP contribution in [0.3, 0.4) is 0 Å². The molecular formula is C18H17O3PSe. The van der Waals surface area contributed by atoms with Crippen LogP contribution in [0, 0.1) is 0 Å². The molecule has 3 nitrogen and oxygen atoms in total. The van der Waals surface area contributed by atoms with Crippen LogP contribution in [-0.2, 0) is 3.83 Å². The summed E-state index contributed by atoms with van der Waals surface area (Å²) in [4.78, 5) is 0. The molecule has 0 aliphatic heterocycles. The van der Waals surface area contributed by atoms with Crippen molar-refractivity contribution in [3.05, 3.63) is 91.0 Å². The zero-order valence-corrected chi connectivity index (χ0v) is 14.9. The van der Waals surface area contributed by atoms with Gasteiger partial charge in [-0.2, -0.15) is 0 Å². The zero-order chi connectivity index (χ0) is 16.5. The van der Waals surface area contributed by atoms with Crippen molar-refractivity contribution in [2.75, 3.05) is 0 Å². The van der Waals surface area contributed by atoms with E-state index >= 15 is 0 Å². The van der Waals surface area contributed by atoms with E-state index in [9.17, 15) is 0 Å². The van der Waals surface area contributed by atoms with E-state index in [4.69, 9.17) is 12.2 Å². The minimum atomic E-state index is -3.29. The van der Waals surface area contributed by atoms with E-state index in [1.54, 1.807) is 0 Å². The molecule has 2 N–H and O–H groups in total. The first-order valence-corrected chi connectivity index (χ1v) is 10.5. The summed E-state index contributed by atoms with van der Waals surface area (Å²) < 4.78 is 23.1. The molecule has 118 valence electrons. The Morgan fingerprint density at radius 1 is 0.565 bits per heavy atom. The fraction of sp³-hybridized carbons (Fsp3) is 0. The predicted molar refractivity (Wildman–Crippen MR) is 96.0 cm³/mol. The van der Waals surface area contributed by atoms with Crippen molar-refractivity contribution in [3.8, 4) is 0 Å². The summed E-state index contributed by atoms with van der Waals surface area (Å²) in [5.74, 6) is 0. The zero-order valence-electron chi connectivity index (χ0n) is 12.3. The van der Waals surface area contributed by atoms with Gasteiger partial charge in [-0.05, 0) is 23.8 Å². The maximum Gasteiger partial charge on any atom is -0.0134 e. The summed E-state index contributed by atoms with van der Waals surface area (Å²) in [7, 11) is -0.446. The molecule has 0 heterocycles. The number of hydrogen-bond donors (Lipinski definition) is 2. The molecule has 0 amide bonds. The van der Waals surface area contributed by atoms with Gasteiger partial charge in [0.2, 0.25) is 0 Å². The Bertz CT molecular complexity index is 623. The minimum absolute atomic E-state index is 0.446. The van der Waals surface area contributed by atoms with Crippen molar-refractivity contribution in [2.24, 2.45) is 0 Å². The van der Waals surface area contributed by atoms with E-state index in [0.29, 0.717) is 0 Å². The van der Waals surface area contributed by atoms with Crippen LogP contribution >= 0.6 is 7.92 Å². The van der Waals surface area contributed by atoms with E-state index in [1.165, 1.54) is 15.9 Å². The van der Waals surface area contributed by atoms with Crippen LogP contribution in [0.2, 0.25) is 0 Å². The van der Waals surface area contributed by atoms with Crippen LogP contribution in [0.15, 0.2) is 91.0 Å². The maximum atomic E-state index is 8.76. The third kappa shape index (κ3) is 5.80. The van der Waals surface area contributed by atoms with Crippen molar-refractivity contribution in [2.45, 2.75) is 0 Å². The molecule has 0 bridgehead atoms. The fourth-order valence-electron chi connectivity index (χ4n) is 2.18. The van der Waals surface area contributed by atoms with Crippen LogP contribution in [-0.4, -0.2) is 22.9 Å². The third-order valence-corrected chi connectivity index (χ3v) is 5.49. The smallest absolute Gasteiger partial charge is 0.0134 e. The van der Waals surface area contributed by atoms with Gasteiger partial charge < -0.3 is 0 Å². The van der Waals surface area contributed by atoms with Crippen LogP contribution < -0.4 is 15.9 Å². The van der Waals surface area contributed by atoms with Gasteiger partial charge in [-0.15, -0.1) is 0 Å². The summed E-state index contributed by atoms with van der Waals surface area (Å²) in [6, 6.07) is 32.3. The quantitative estimate of drug-likeness (QED) is 0.529. The average molecular weight is 391 g/mol. The molecule has 3 aromatic rings. The van der Waals surface area contributed by atoms with Gasteiger partial charge in [-0.3, -0.25) is 0 Å². The first kappa shape index (κ1) is 17.7. The number of hydrogen-bond acceptors (Lipinski definition) is 1. The average Bonchev–Trinajstić information content (AvgIpc) is 2.58. The molecule has 0 unspecified atom stereocenters. The summed E-state index contributed by atoms with van der Waals surface area (Å²) in [5, 5.41) is 4.19. The Hall–Kier alpha value is -1.67. The first-order valence-electron chi connectivity index (χ1n) is 6.93. The second-order valence-corrected chi connectivity index (χ2v) is 7.76. The van der Waals surface area contributed by atoms with Crippen LogP contribution in [0.5, 0.6) is 0 Å². The number of benzene rings is 3. The van der Waals surface area contributed by atoms with Crippen molar-refractivity contribution < 1.29 is 12.2 Å². The molecule has 3 rings (SSSR count). The molecule has 0 saturated carbocycles. The molecule has 5 heteroatoms. The van der Waals surface area contributed by atoms with E-state index < -0.39 is 22.4 Å². The maximum absolute atomic E-state index is 8.76. The van der Waals surface area contributed by atoms with E-state index in [1.807, 2.05) is 0 Å². The van der Waals surface area contributed by atoms with Crippen molar-refractivity contribution in [3.63, 3.8) is 0 Å². The van der Waals surface area contributed by atoms with E-state index in [2.05, 4.69) is 91.0 Å².